The summed E-state index contributed by atoms with van der Waals surface area (Å²) in [7, 11) is 0. The maximum absolute atomic E-state index is 12.5. The number of nitrogens with zero attached hydrogens (tertiary/aromatic N) is 5. The number of hydrogen-bond acceptors (Lipinski definition) is 7. The van der Waals surface area contributed by atoms with Gasteiger partial charge >= 0.3 is 0 Å². The van der Waals surface area contributed by atoms with Crippen LogP contribution in [0, 0.1) is 6.92 Å². The van der Waals surface area contributed by atoms with Gasteiger partial charge in [0.25, 0.3) is 11.8 Å². The first kappa shape index (κ1) is 18.9. The molecule has 8 nitrogen and oxygen atoms in total. The van der Waals surface area contributed by atoms with Crippen LogP contribution in [0.5, 0.6) is 0 Å². The van der Waals surface area contributed by atoms with Crippen LogP contribution < -0.4 is 0 Å². The zero-order valence-corrected chi connectivity index (χ0v) is 17.9. The fourth-order valence-electron chi connectivity index (χ4n) is 4.12. The first-order valence-corrected chi connectivity index (χ1v) is 11.1. The van der Waals surface area contributed by atoms with Crippen molar-refractivity contribution in [3.8, 4) is 11.6 Å². The average Bonchev–Trinajstić information content (AvgIpc) is 3.53. The standard InChI is InChI=1S/C23H17N5O3S/c1-13-14-7-4-5-10-17(14)31-19(13)20-24-25-23-28(20)26-18(32-23)11-6-12-27-21(29)15-8-2-3-9-16(15)22(27)30/h2-5,7-10H,6,11-12H2,1H3. The van der Waals surface area contributed by atoms with Gasteiger partial charge in [-0.05, 0) is 31.5 Å². The first-order valence-electron chi connectivity index (χ1n) is 10.3. The van der Waals surface area contributed by atoms with Crippen LogP contribution in [0.3, 0.4) is 0 Å². The van der Waals surface area contributed by atoms with Gasteiger partial charge in [-0.2, -0.15) is 9.61 Å². The van der Waals surface area contributed by atoms with Gasteiger partial charge in [-0.3, -0.25) is 14.5 Å². The van der Waals surface area contributed by atoms with Crippen LogP contribution >= 0.6 is 11.3 Å². The summed E-state index contributed by atoms with van der Waals surface area (Å²) in [5, 5.41) is 15.1. The van der Waals surface area contributed by atoms with E-state index in [2.05, 4.69) is 15.3 Å². The monoisotopic (exact) mass is 443 g/mol. The predicted molar refractivity (Wildman–Crippen MR) is 119 cm³/mol. The molecule has 0 saturated heterocycles. The Balaban J connectivity index is 1.21. The van der Waals surface area contributed by atoms with Gasteiger partial charge in [0.05, 0.1) is 11.1 Å². The van der Waals surface area contributed by atoms with Crippen molar-refractivity contribution in [2.45, 2.75) is 19.8 Å². The third-order valence-electron chi connectivity index (χ3n) is 5.73. The van der Waals surface area contributed by atoms with Crippen molar-refractivity contribution in [1.29, 1.82) is 0 Å². The minimum absolute atomic E-state index is 0.230. The van der Waals surface area contributed by atoms with Crippen LogP contribution in [-0.4, -0.2) is 43.1 Å². The van der Waals surface area contributed by atoms with Gasteiger partial charge in [0.2, 0.25) is 10.8 Å². The number of furan rings is 1. The maximum atomic E-state index is 12.5. The Morgan fingerprint density at radius 1 is 0.969 bits per heavy atom. The highest BCUT2D eigenvalue weighted by Crippen LogP contribution is 2.32. The lowest BCUT2D eigenvalue weighted by Crippen LogP contribution is -2.30. The molecular formula is C23H17N5O3S. The van der Waals surface area contributed by atoms with Crippen LogP contribution in [0.4, 0.5) is 0 Å². The molecule has 6 rings (SSSR count). The summed E-state index contributed by atoms with van der Waals surface area (Å²) in [6.07, 6.45) is 1.24. The largest absolute Gasteiger partial charge is 0.452 e. The second-order valence-electron chi connectivity index (χ2n) is 7.68. The molecule has 2 amide bonds. The van der Waals surface area contributed by atoms with Crippen LogP contribution in [0.25, 0.3) is 27.5 Å². The van der Waals surface area contributed by atoms with Crippen LogP contribution in [0.1, 0.15) is 37.7 Å². The van der Waals surface area contributed by atoms with Crippen molar-refractivity contribution >= 4 is 39.1 Å². The van der Waals surface area contributed by atoms with E-state index in [0.717, 1.165) is 21.5 Å². The molecule has 5 aromatic rings. The zero-order valence-electron chi connectivity index (χ0n) is 17.1. The van der Waals surface area contributed by atoms with Gasteiger partial charge in [0, 0.05) is 23.9 Å². The summed E-state index contributed by atoms with van der Waals surface area (Å²) in [6, 6.07) is 14.8. The molecule has 0 N–H and O–H groups in total. The molecule has 1 aliphatic heterocycles. The fourth-order valence-corrected chi connectivity index (χ4v) is 4.99. The average molecular weight is 443 g/mol. The number of fused-ring (bicyclic) bond motifs is 3. The van der Waals surface area contributed by atoms with Gasteiger partial charge < -0.3 is 4.42 Å². The second-order valence-corrected chi connectivity index (χ2v) is 8.72. The summed E-state index contributed by atoms with van der Waals surface area (Å²) in [4.78, 5) is 27.0. The number of carbonyl (C=O) groups excluding carboxylic acids is 2. The third-order valence-corrected chi connectivity index (χ3v) is 6.69. The lowest BCUT2D eigenvalue weighted by atomic mass is 10.1. The van der Waals surface area contributed by atoms with Crippen molar-refractivity contribution in [3.63, 3.8) is 0 Å². The molecule has 32 heavy (non-hydrogen) atoms. The van der Waals surface area contributed by atoms with Gasteiger partial charge in [-0.25, -0.2) is 0 Å². The minimum Gasteiger partial charge on any atom is -0.452 e. The van der Waals surface area contributed by atoms with Crippen molar-refractivity contribution in [3.05, 3.63) is 70.2 Å². The summed E-state index contributed by atoms with van der Waals surface area (Å²) < 4.78 is 7.72. The Labute approximate surface area is 186 Å². The molecule has 0 saturated carbocycles. The van der Waals surface area contributed by atoms with E-state index in [4.69, 9.17) is 4.42 Å². The Morgan fingerprint density at radius 2 is 1.69 bits per heavy atom. The normalized spacial score (nSPS) is 13.6. The Hall–Kier alpha value is -3.85. The second kappa shape index (κ2) is 7.10. The molecule has 0 aliphatic carbocycles. The molecule has 158 valence electrons. The van der Waals surface area contributed by atoms with Gasteiger partial charge in [-0.15, -0.1) is 10.2 Å². The number of amides is 2. The van der Waals surface area contributed by atoms with Crippen molar-refractivity contribution < 1.29 is 14.0 Å². The number of aromatic nitrogens is 4. The van der Waals surface area contributed by atoms with Crippen molar-refractivity contribution in [1.82, 2.24) is 24.7 Å². The van der Waals surface area contributed by atoms with Gasteiger partial charge in [0.15, 0.2) is 5.76 Å². The van der Waals surface area contributed by atoms with Gasteiger partial charge in [-0.1, -0.05) is 41.7 Å². The highest BCUT2D eigenvalue weighted by atomic mass is 32.1. The Bertz CT molecular complexity index is 1490. The summed E-state index contributed by atoms with van der Waals surface area (Å²) >= 11 is 1.45. The third kappa shape index (κ3) is 2.78. The molecule has 0 bridgehead atoms. The fraction of sp³-hybridized carbons (Fsp3) is 0.174. The van der Waals surface area contributed by atoms with Crippen LogP contribution in [-0.2, 0) is 6.42 Å². The zero-order chi connectivity index (χ0) is 21.8. The van der Waals surface area contributed by atoms with E-state index in [1.165, 1.54) is 16.2 Å². The Morgan fingerprint density at radius 3 is 2.44 bits per heavy atom. The van der Waals surface area contributed by atoms with Crippen LogP contribution in [0.2, 0.25) is 0 Å². The molecule has 0 atom stereocenters. The molecule has 1 aliphatic rings. The summed E-state index contributed by atoms with van der Waals surface area (Å²) in [5.74, 6) is 0.760. The maximum Gasteiger partial charge on any atom is 0.261 e. The van der Waals surface area contributed by atoms with Crippen molar-refractivity contribution in [2.24, 2.45) is 0 Å². The number of para-hydroxylation sites is 1. The molecular weight excluding hydrogens is 426 g/mol. The number of imide groups is 1. The van der Waals surface area contributed by atoms with Crippen LogP contribution in [0.15, 0.2) is 52.9 Å². The lowest BCUT2D eigenvalue weighted by molar-refractivity contribution is 0.0652. The quantitative estimate of drug-likeness (QED) is 0.379. The van der Waals surface area contributed by atoms with E-state index in [0.29, 0.717) is 47.1 Å². The van der Waals surface area contributed by atoms with Crippen molar-refractivity contribution in [2.75, 3.05) is 6.54 Å². The minimum atomic E-state index is -0.230. The number of benzene rings is 2. The highest BCUT2D eigenvalue weighted by Gasteiger charge is 2.34. The van der Waals surface area contributed by atoms with E-state index in [-0.39, 0.29) is 11.8 Å². The number of aryl methyl sites for hydroxylation is 2. The molecule has 0 unspecified atom stereocenters. The molecule has 4 heterocycles. The topological polar surface area (TPSA) is 93.6 Å². The first-order chi connectivity index (χ1) is 15.6. The van der Waals surface area contributed by atoms with E-state index in [1.54, 1.807) is 28.8 Å². The summed E-state index contributed by atoms with van der Waals surface area (Å²) in [5.41, 5.74) is 2.74. The predicted octanol–water partition coefficient (Wildman–Crippen LogP) is 4.14. The highest BCUT2D eigenvalue weighted by molar-refractivity contribution is 7.16. The number of hydrogen-bond donors (Lipinski definition) is 0. The SMILES string of the molecule is Cc1c(-c2nnc3sc(CCCN4C(=O)c5ccccc5C4=O)nn23)oc2ccccc12. The smallest absolute Gasteiger partial charge is 0.261 e. The van der Waals surface area contributed by atoms with E-state index >= 15 is 0 Å². The van der Waals surface area contributed by atoms with E-state index in [1.807, 2.05) is 31.2 Å². The molecule has 0 spiro atoms. The number of rotatable bonds is 5. The Kier molecular flexibility index (Phi) is 4.19. The van der Waals surface area contributed by atoms with E-state index < -0.39 is 0 Å². The summed E-state index contributed by atoms with van der Waals surface area (Å²) in [6.45, 7) is 2.35. The van der Waals surface area contributed by atoms with E-state index in [9.17, 15) is 9.59 Å². The van der Waals surface area contributed by atoms with Gasteiger partial charge in [0.1, 0.15) is 10.6 Å². The molecule has 2 aromatic carbocycles. The number of carbonyl (C=O) groups is 2. The molecule has 9 heteroatoms. The molecule has 0 fully saturated rings. The lowest BCUT2D eigenvalue weighted by Gasteiger charge is -2.12. The molecule has 0 radical (unpaired) electrons. The molecule has 3 aromatic heterocycles.